The quantitative estimate of drug-likeness (QED) is 0.298. The van der Waals surface area contributed by atoms with Gasteiger partial charge in [-0.05, 0) is 73.9 Å². The molecule has 11 heteroatoms. The first-order chi connectivity index (χ1) is 18.0. The number of nitrogens with two attached hydrogens (primary N) is 1. The molecular formula is C27H31FN4O5S. The van der Waals surface area contributed by atoms with E-state index in [2.05, 4.69) is 9.97 Å². The Morgan fingerprint density at radius 3 is 2.42 bits per heavy atom. The molecule has 0 radical (unpaired) electrons. The van der Waals surface area contributed by atoms with E-state index in [-0.39, 0.29) is 39.4 Å². The van der Waals surface area contributed by atoms with Crippen LogP contribution in [0.2, 0.25) is 0 Å². The minimum Gasteiger partial charge on any atom is -0.438 e. The lowest BCUT2D eigenvalue weighted by Crippen LogP contribution is -2.31. The molecule has 9 nitrogen and oxygen atoms in total. The largest absolute Gasteiger partial charge is 0.438 e. The van der Waals surface area contributed by atoms with E-state index in [0.717, 1.165) is 16.7 Å². The van der Waals surface area contributed by atoms with Crippen LogP contribution in [0.15, 0.2) is 65.7 Å². The van der Waals surface area contributed by atoms with Gasteiger partial charge < -0.3 is 15.6 Å². The van der Waals surface area contributed by atoms with Gasteiger partial charge >= 0.3 is 0 Å². The average Bonchev–Trinajstić information content (AvgIpc) is 2.86. The molecule has 0 atom stereocenters. The molecule has 0 spiro atoms. The van der Waals surface area contributed by atoms with Crippen LogP contribution in [-0.4, -0.2) is 29.4 Å². The number of carbonyl (C=O) groups excluding carboxylic acids is 1. The van der Waals surface area contributed by atoms with Crippen molar-refractivity contribution in [1.29, 1.82) is 0 Å². The molecule has 0 aliphatic rings. The summed E-state index contributed by atoms with van der Waals surface area (Å²) < 4.78 is 48.3. The van der Waals surface area contributed by atoms with Crippen LogP contribution >= 0.6 is 0 Å². The van der Waals surface area contributed by atoms with E-state index >= 15 is 0 Å². The second kappa shape index (κ2) is 10.6. The summed E-state index contributed by atoms with van der Waals surface area (Å²) in [5.41, 5.74) is 8.53. The number of amides is 1. The maximum Gasteiger partial charge on any atom is 0.281 e. The predicted molar refractivity (Wildman–Crippen MR) is 146 cm³/mol. The first kappa shape index (κ1) is 26.7. The Balaban J connectivity index is 0.00000280. The summed E-state index contributed by atoms with van der Waals surface area (Å²) in [4.78, 5) is 21.3. The molecule has 0 fully saturated rings. The molecule has 38 heavy (non-hydrogen) atoms. The maximum absolute atomic E-state index is 14.7. The Hall–Kier alpha value is -4.35. The van der Waals surface area contributed by atoms with Crippen LogP contribution in [0.5, 0.6) is 11.6 Å². The molecule has 2 heterocycles. The monoisotopic (exact) mass is 542 g/mol. The van der Waals surface area contributed by atoms with Gasteiger partial charge in [0.2, 0.25) is 5.88 Å². The third-order valence-corrected chi connectivity index (χ3v) is 6.88. The van der Waals surface area contributed by atoms with Crippen LogP contribution in [0.4, 0.5) is 10.2 Å². The number of nitrogen functional groups attached to an aromatic ring is 1. The molecular weight excluding hydrogens is 511 g/mol. The zero-order chi connectivity index (χ0) is 27.6. The van der Waals surface area contributed by atoms with Gasteiger partial charge in [-0.15, -0.1) is 0 Å². The number of aliphatic hydroxyl groups is 1. The third-order valence-electron chi connectivity index (χ3n) is 5.65. The number of aliphatic hydroxyl groups excluding tert-OH is 1. The molecule has 1 amide bonds. The zero-order valence-electron chi connectivity index (χ0n) is 20.8. The van der Waals surface area contributed by atoms with Crippen LogP contribution in [0, 0.1) is 26.6 Å². The summed E-state index contributed by atoms with van der Waals surface area (Å²) in [7, 11) is -4.38. The van der Waals surface area contributed by atoms with E-state index in [1.165, 1.54) is 48.5 Å². The van der Waals surface area contributed by atoms with E-state index in [4.69, 9.17) is 10.5 Å². The highest BCUT2D eigenvalue weighted by atomic mass is 32.2. The van der Waals surface area contributed by atoms with Gasteiger partial charge in [0.25, 0.3) is 15.9 Å². The highest BCUT2D eigenvalue weighted by Crippen LogP contribution is 2.33. The number of nitrogens with zero attached hydrogens (tertiary/aromatic N) is 2. The fraction of sp³-hybridized carbons (Fsp3) is 0.148. The van der Waals surface area contributed by atoms with Gasteiger partial charge in [0, 0.05) is 9.84 Å². The molecule has 2 aromatic carbocycles. The van der Waals surface area contributed by atoms with Crippen molar-refractivity contribution < 1.29 is 31.7 Å². The molecule has 202 valence electrons. The van der Waals surface area contributed by atoms with E-state index in [0.29, 0.717) is 11.3 Å². The Kier molecular flexibility index (Phi) is 7.42. The smallest absolute Gasteiger partial charge is 0.281 e. The molecule has 0 aliphatic heterocycles. The van der Waals surface area contributed by atoms with Gasteiger partial charge in [-0.2, -0.15) is 8.42 Å². The number of aryl methyl sites for hydroxylation is 3. The number of nitrogens with one attached hydrogen (secondary N) is 1. The van der Waals surface area contributed by atoms with Crippen LogP contribution in [0.1, 0.15) is 36.9 Å². The highest BCUT2D eigenvalue weighted by molar-refractivity contribution is 7.90. The number of sulfonamides is 1. The van der Waals surface area contributed by atoms with Crippen molar-refractivity contribution in [1.82, 2.24) is 14.7 Å². The van der Waals surface area contributed by atoms with Gasteiger partial charge in [0.15, 0.2) is 5.03 Å². The molecule has 4 rings (SSSR count). The second-order valence-corrected chi connectivity index (χ2v) is 10.3. The van der Waals surface area contributed by atoms with Crippen LogP contribution in [-0.2, 0) is 16.6 Å². The summed E-state index contributed by atoms with van der Waals surface area (Å²) in [5.74, 6) is -1.49. The minimum absolute atomic E-state index is 0. The molecule has 0 saturated heterocycles. The Morgan fingerprint density at radius 1 is 1.05 bits per heavy atom. The van der Waals surface area contributed by atoms with Gasteiger partial charge in [-0.1, -0.05) is 29.8 Å². The number of halogens is 1. The highest BCUT2D eigenvalue weighted by Gasteiger charge is 2.25. The lowest BCUT2D eigenvalue weighted by molar-refractivity contribution is 0.0978. The number of rotatable bonds is 7. The van der Waals surface area contributed by atoms with Gasteiger partial charge in [-0.3, -0.25) is 4.79 Å². The van der Waals surface area contributed by atoms with Crippen LogP contribution in [0.3, 0.4) is 0 Å². The van der Waals surface area contributed by atoms with Crippen molar-refractivity contribution in [3.8, 4) is 22.9 Å². The Labute approximate surface area is 223 Å². The third kappa shape index (κ3) is 5.63. The van der Waals surface area contributed by atoms with Crippen molar-refractivity contribution in [3.05, 3.63) is 94.3 Å². The lowest BCUT2D eigenvalue weighted by Gasteiger charge is -2.16. The van der Waals surface area contributed by atoms with E-state index in [1.807, 2.05) is 37.6 Å². The summed E-state index contributed by atoms with van der Waals surface area (Å²) in [6.45, 7) is 5.25. The fourth-order valence-electron chi connectivity index (χ4n) is 3.94. The van der Waals surface area contributed by atoms with Gasteiger partial charge in [0.05, 0.1) is 12.3 Å². The molecule has 4 N–H and O–H groups in total. The minimum atomic E-state index is -4.38. The SMILES string of the molecule is Cc1cc(C)c(Oc2nc(-c3cc(CO)ccc3F)ccc2C(=O)NS(=O)(=O)c2cccc(N)n2)c(C)c1.[HH].[HH].[HH]. The number of aromatic nitrogens is 2. The number of hydrogen-bond donors (Lipinski definition) is 3. The van der Waals surface area contributed by atoms with E-state index in [9.17, 15) is 22.7 Å². The molecule has 0 unspecified atom stereocenters. The van der Waals surface area contributed by atoms with Crippen LogP contribution in [0.25, 0.3) is 11.3 Å². The Morgan fingerprint density at radius 2 is 1.76 bits per heavy atom. The van der Waals surface area contributed by atoms with Crippen molar-refractivity contribution >= 4 is 21.7 Å². The lowest BCUT2D eigenvalue weighted by atomic mass is 10.1. The molecule has 2 aromatic heterocycles. The molecule has 4 aromatic rings. The van der Waals surface area contributed by atoms with Crippen molar-refractivity contribution in [2.75, 3.05) is 5.73 Å². The average molecular weight is 543 g/mol. The molecule has 0 saturated carbocycles. The summed E-state index contributed by atoms with van der Waals surface area (Å²) in [6.07, 6.45) is 0. The first-order valence-corrected chi connectivity index (χ1v) is 12.9. The number of anilines is 1. The maximum atomic E-state index is 14.7. The van der Waals surface area contributed by atoms with Gasteiger partial charge in [0.1, 0.15) is 22.9 Å². The van der Waals surface area contributed by atoms with Crippen molar-refractivity contribution in [2.24, 2.45) is 0 Å². The number of hydrogen-bond acceptors (Lipinski definition) is 8. The number of pyridine rings is 2. The second-order valence-electron chi connectivity index (χ2n) is 8.69. The fourth-order valence-corrected chi connectivity index (χ4v) is 4.88. The van der Waals surface area contributed by atoms with Crippen LogP contribution < -0.4 is 15.2 Å². The predicted octanol–water partition coefficient (Wildman–Crippen LogP) is 4.93. The summed E-state index contributed by atoms with van der Waals surface area (Å²) >= 11 is 0. The molecule has 0 bridgehead atoms. The number of carbonyl (C=O) groups is 1. The van der Waals surface area contributed by atoms with E-state index < -0.39 is 26.8 Å². The van der Waals surface area contributed by atoms with E-state index in [1.54, 1.807) is 0 Å². The normalized spacial score (nSPS) is 11.3. The zero-order valence-corrected chi connectivity index (χ0v) is 21.6. The van der Waals surface area contributed by atoms with Gasteiger partial charge in [-0.25, -0.2) is 19.1 Å². The summed E-state index contributed by atoms with van der Waals surface area (Å²) in [5, 5.41) is 9.04. The Bertz CT molecular complexity index is 1650. The van der Waals surface area contributed by atoms with Crippen molar-refractivity contribution in [3.63, 3.8) is 0 Å². The molecule has 0 aliphatic carbocycles. The topological polar surface area (TPSA) is 144 Å². The number of ether oxygens (including phenoxy) is 1. The van der Waals surface area contributed by atoms with Crippen molar-refractivity contribution in [2.45, 2.75) is 32.4 Å². The summed E-state index contributed by atoms with van der Waals surface area (Å²) in [6, 6.07) is 14.5. The first-order valence-electron chi connectivity index (χ1n) is 11.4. The number of benzene rings is 2. The standard InChI is InChI=1S/C27H25FN4O5S.3H2/c1-15-11-16(2)25(17(3)12-15)37-27-19(26(34)32-38(35,36)24-6-4-5-23(29)31-24)8-10-22(30-27)20-13-18(14-33)7-9-21(20)28;;;/h4-13,33H,14H2,1-3H3,(H2,29,31)(H,32,34);3*1H.